The van der Waals surface area contributed by atoms with E-state index in [9.17, 15) is 4.79 Å². The molecule has 6 nitrogen and oxygen atoms in total. The van der Waals surface area contributed by atoms with Crippen molar-refractivity contribution in [2.24, 2.45) is 22.2 Å². The third kappa shape index (κ3) is 3.48. The van der Waals surface area contributed by atoms with Crippen LogP contribution < -0.4 is 5.73 Å². The number of oxime groups is 1. The summed E-state index contributed by atoms with van der Waals surface area (Å²) in [7, 11) is 1.63. The summed E-state index contributed by atoms with van der Waals surface area (Å²) in [6, 6.07) is 0.159. The van der Waals surface area contributed by atoms with Gasteiger partial charge in [-0.25, -0.2) is 0 Å². The van der Waals surface area contributed by atoms with Gasteiger partial charge in [0.1, 0.15) is 5.41 Å². The van der Waals surface area contributed by atoms with Crippen molar-refractivity contribution in [3.8, 4) is 0 Å². The Hall–Kier alpha value is -1.30. The van der Waals surface area contributed by atoms with Gasteiger partial charge in [0.05, 0.1) is 6.61 Å². The van der Waals surface area contributed by atoms with Gasteiger partial charge < -0.3 is 20.6 Å². The lowest BCUT2D eigenvalue weighted by atomic mass is 9.61. The molecule has 0 aromatic carbocycles. The molecule has 0 bridgehead atoms. The molecule has 1 amide bonds. The maximum absolute atomic E-state index is 13.1. The molecule has 0 spiro atoms. The number of amides is 1. The molecule has 0 radical (unpaired) electrons. The fourth-order valence-corrected chi connectivity index (χ4v) is 3.36. The van der Waals surface area contributed by atoms with E-state index in [0.717, 1.165) is 12.8 Å². The molecule has 1 fully saturated rings. The molecule has 21 heavy (non-hydrogen) atoms. The van der Waals surface area contributed by atoms with Crippen molar-refractivity contribution < 1.29 is 14.7 Å². The minimum absolute atomic E-state index is 0.0262. The topological polar surface area (TPSA) is 88.2 Å². The first-order chi connectivity index (χ1) is 9.96. The van der Waals surface area contributed by atoms with Crippen molar-refractivity contribution in [2.45, 2.75) is 52.5 Å². The van der Waals surface area contributed by atoms with Crippen molar-refractivity contribution in [2.75, 3.05) is 20.3 Å². The minimum atomic E-state index is -0.829. The molecule has 1 aliphatic rings. The normalized spacial score (nSPS) is 25.8. The average Bonchev–Trinajstić information content (AvgIpc) is 2.46. The molecule has 6 heteroatoms. The van der Waals surface area contributed by atoms with Gasteiger partial charge in [0.15, 0.2) is 5.84 Å². The van der Waals surface area contributed by atoms with Crippen LogP contribution in [0.1, 0.15) is 46.5 Å². The van der Waals surface area contributed by atoms with E-state index in [1.54, 1.807) is 7.11 Å². The van der Waals surface area contributed by atoms with Crippen LogP contribution in [0, 0.1) is 11.3 Å². The van der Waals surface area contributed by atoms with E-state index in [1.807, 2.05) is 4.90 Å². The Balaban J connectivity index is 3.01. The van der Waals surface area contributed by atoms with Gasteiger partial charge in [-0.05, 0) is 31.6 Å². The molecular formula is C15H29N3O3. The van der Waals surface area contributed by atoms with Crippen LogP contribution in [0.25, 0.3) is 0 Å². The highest BCUT2D eigenvalue weighted by atomic mass is 16.5. The highest BCUT2D eigenvalue weighted by Gasteiger charge is 2.54. The standard InChI is InChI=1S/C15H29N3O3/c1-5-12(6-2)18(7-8-21-4)14(19)15(13(16)17-20)9-11(3)10-15/h11-12,20H,5-10H2,1-4H3,(H2,16,17). The highest BCUT2D eigenvalue weighted by Crippen LogP contribution is 2.47. The van der Waals surface area contributed by atoms with E-state index in [-0.39, 0.29) is 17.8 Å². The summed E-state index contributed by atoms with van der Waals surface area (Å²) in [4.78, 5) is 14.9. The highest BCUT2D eigenvalue weighted by molar-refractivity contribution is 6.07. The lowest BCUT2D eigenvalue weighted by Gasteiger charge is -2.47. The van der Waals surface area contributed by atoms with Gasteiger partial charge in [-0.3, -0.25) is 4.79 Å². The fourth-order valence-electron chi connectivity index (χ4n) is 3.36. The molecule has 1 aliphatic carbocycles. The van der Waals surface area contributed by atoms with Crippen molar-refractivity contribution in [3.05, 3.63) is 0 Å². The van der Waals surface area contributed by atoms with Crippen molar-refractivity contribution in [1.29, 1.82) is 0 Å². The lowest BCUT2D eigenvalue weighted by Crippen LogP contribution is -2.59. The van der Waals surface area contributed by atoms with Crippen molar-refractivity contribution >= 4 is 11.7 Å². The molecule has 0 aliphatic heterocycles. The first kappa shape index (κ1) is 17.8. The third-order valence-electron chi connectivity index (χ3n) is 4.58. The van der Waals surface area contributed by atoms with Crippen molar-refractivity contribution in [3.63, 3.8) is 0 Å². The molecule has 122 valence electrons. The maximum Gasteiger partial charge on any atom is 0.236 e. The summed E-state index contributed by atoms with van der Waals surface area (Å²) >= 11 is 0. The van der Waals surface area contributed by atoms with Gasteiger partial charge >= 0.3 is 0 Å². The molecule has 1 saturated carbocycles. The van der Waals surface area contributed by atoms with Gasteiger partial charge in [0, 0.05) is 19.7 Å². The van der Waals surface area contributed by atoms with Crippen LogP contribution in [0.15, 0.2) is 5.16 Å². The maximum atomic E-state index is 13.1. The number of hydrogen-bond donors (Lipinski definition) is 2. The Morgan fingerprint density at radius 1 is 1.48 bits per heavy atom. The van der Waals surface area contributed by atoms with Crippen LogP contribution in [0.4, 0.5) is 0 Å². The fraction of sp³-hybridized carbons (Fsp3) is 0.867. The summed E-state index contributed by atoms with van der Waals surface area (Å²) in [5.74, 6) is 0.431. The minimum Gasteiger partial charge on any atom is -0.409 e. The Labute approximate surface area is 127 Å². The van der Waals surface area contributed by atoms with E-state index in [1.165, 1.54) is 0 Å². The van der Waals surface area contributed by atoms with Gasteiger partial charge in [0.2, 0.25) is 5.91 Å². The molecule has 0 aromatic rings. The quantitative estimate of drug-likeness (QED) is 0.310. The molecule has 0 aromatic heterocycles. The van der Waals surface area contributed by atoms with Crippen LogP contribution in [-0.4, -0.2) is 48.2 Å². The summed E-state index contributed by atoms with van der Waals surface area (Å²) in [6.45, 7) is 7.25. The number of methoxy groups -OCH3 is 1. The predicted octanol–water partition coefficient (Wildman–Crippen LogP) is 1.81. The zero-order chi connectivity index (χ0) is 16.0. The molecule has 3 N–H and O–H groups in total. The number of carbonyl (C=O) groups is 1. The first-order valence-corrected chi connectivity index (χ1v) is 7.74. The first-order valence-electron chi connectivity index (χ1n) is 7.74. The summed E-state index contributed by atoms with van der Waals surface area (Å²) in [5.41, 5.74) is 5.02. The summed E-state index contributed by atoms with van der Waals surface area (Å²) in [5, 5.41) is 12.2. The lowest BCUT2D eigenvalue weighted by molar-refractivity contribution is -0.147. The number of nitrogens with zero attached hydrogens (tertiary/aromatic N) is 2. The van der Waals surface area contributed by atoms with Gasteiger partial charge in [-0.15, -0.1) is 0 Å². The molecule has 0 heterocycles. The van der Waals surface area contributed by atoms with E-state index in [4.69, 9.17) is 15.7 Å². The van der Waals surface area contributed by atoms with Gasteiger partial charge in [-0.1, -0.05) is 25.9 Å². The molecule has 0 atom stereocenters. The smallest absolute Gasteiger partial charge is 0.236 e. The number of rotatable bonds is 8. The van der Waals surface area contributed by atoms with E-state index >= 15 is 0 Å². The average molecular weight is 299 g/mol. The molecule has 0 unspecified atom stereocenters. The zero-order valence-corrected chi connectivity index (χ0v) is 13.6. The number of ether oxygens (including phenoxy) is 1. The van der Waals surface area contributed by atoms with Crippen molar-refractivity contribution in [1.82, 2.24) is 4.90 Å². The molecular weight excluding hydrogens is 270 g/mol. The summed E-state index contributed by atoms with van der Waals surface area (Å²) in [6.07, 6.45) is 3.05. The predicted molar refractivity (Wildman–Crippen MR) is 82.2 cm³/mol. The Bertz CT molecular complexity index is 374. The Morgan fingerprint density at radius 3 is 2.43 bits per heavy atom. The Kier molecular flexibility index (Phi) is 6.45. The molecule has 1 rings (SSSR count). The second-order valence-corrected chi connectivity index (χ2v) is 6.04. The SMILES string of the molecule is CCC(CC)N(CCOC)C(=O)C1(C(N)=NO)CC(C)C1. The molecule has 0 saturated heterocycles. The third-order valence-corrected chi connectivity index (χ3v) is 4.58. The number of carbonyl (C=O) groups excluding carboxylic acids is 1. The van der Waals surface area contributed by atoms with Crippen LogP contribution in [-0.2, 0) is 9.53 Å². The van der Waals surface area contributed by atoms with Crippen LogP contribution in [0.2, 0.25) is 0 Å². The zero-order valence-electron chi connectivity index (χ0n) is 13.6. The van der Waals surface area contributed by atoms with Gasteiger partial charge in [-0.2, -0.15) is 0 Å². The largest absolute Gasteiger partial charge is 0.409 e. The second kappa shape index (κ2) is 7.64. The van der Waals surface area contributed by atoms with E-state index < -0.39 is 5.41 Å². The number of amidine groups is 1. The summed E-state index contributed by atoms with van der Waals surface area (Å²) < 4.78 is 5.13. The van der Waals surface area contributed by atoms with Crippen LogP contribution in [0.5, 0.6) is 0 Å². The van der Waals surface area contributed by atoms with Crippen LogP contribution >= 0.6 is 0 Å². The van der Waals surface area contributed by atoms with E-state index in [2.05, 4.69) is 25.9 Å². The Morgan fingerprint density at radius 2 is 2.05 bits per heavy atom. The van der Waals surface area contributed by atoms with Gasteiger partial charge in [0.25, 0.3) is 0 Å². The number of hydrogen-bond acceptors (Lipinski definition) is 4. The monoisotopic (exact) mass is 299 g/mol. The second-order valence-electron chi connectivity index (χ2n) is 6.04. The van der Waals surface area contributed by atoms with Crippen LogP contribution in [0.3, 0.4) is 0 Å². The number of nitrogens with two attached hydrogens (primary N) is 1. The van der Waals surface area contributed by atoms with E-state index in [0.29, 0.717) is 31.9 Å².